The van der Waals surface area contributed by atoms with Gasteiger partial charge in [-0.2, -0.15) is 0 Å². The number of Topliss-reactive ketones (excluding diaryl/α,β-unsaturated/α-hetero) is 1. The zero-order chi connectivity index (χ0) is 12.1. The standard InChI is InChI=1S/C8H16O6/c1-8(14-2,6(12)4-10)7(13)5(11)3-9/h5,7,9-11,13H,3-4H2,1-2H3/t5-,7-,8-/m1/s1/i1D. The molecule has 0 aromatic heterocycles. The molecule has 6 heteroatoms. The summed E-state index contributed by atoms with van der Waals surface area (Å²) in [6, 6.07) is 0. The fourth-order valence-electron chi connectivity index (χ4n) is 0.944. The summed E-state index contributed by atoms with van der Waals surface area (Å²) >= 11 is 0. The van der Waals surface area contributed by atoms with Gasteiger partial charge in [0.05, 0.1) is 6.61 Å². The number of carbonyl (C=O) groups is 1. The molecule has 0 heterocycles. The molecule has 14 heavy (non-hydrogen) atoms. The predicted octanol–water partition coefficient (Wildman–Crippen LogP) is -2.33. The Labute approximate surface area is 83.2 Å². The number of aliphatic hydroxyl groups excluding tert-OH is 4. The highest BCUT2D eigenvalue weighted by Gasteiger charge is 2.43. The first kappa shape index (κ1) is 11.5. The Morgan fingerprint density at radius 1 is 1.57 bits per heavy atom. The molecule has 4 N–H and O–H groups in total. The molecule has 0 aliphatic carbocycles. The van der Waals surface area contributed by atoms with Gasteiger partial charge in [0.2, 0.25) is 0 Å². The van der Waals surface area contributed by atoms with Crippen molar-refractivity contribution in [2.24, 2.45) is 0 Å². The van der Waals surface area contributed by atoms with E-state index in [4.69, 9.17) is 16.3 Å². The first-order valence-corrected chi connectivity index (χ1v) is 3.95. The van der Waals surface area contributed by atoms with E-state index in [1.54, 1.807) is 0 Å². The highest BCUT2D eigenvalue weighted by Crippen LogP contribution is 2.19. The van der Waals surface area contributed by atoms with E-state index in [-0.39, 0.29) is 0 Å². The van der Waals surface area contributed by atoms with E-state index in [1.165, 1.54) is 0 Å². The van der Waals surface area contributed by atoms with E-state index in [0.29, 0.717) is 0 Å². The van der Waals surface area contributed by atoms with Gasteiger partial charge in [-0.25, -0.2) is 0 Å². The van der Waals surface area contributed by atoms with Crippen molar-refractivity contribution in [1.82, 2.24) is 0 Å². The van der Waals surface area contributed by atoms with Crippen LogP contribution in [0.4, 0.5) is 0 Å². The largest absolute Gasteiger partial charge is 0.394 e. The average molecular weight is 209 g/mol. The molecule has 0 unspecified atom stereocenters. The van der Waals surface area contributed by atoms with Gasteiger partial charge in [0.15, 0.2) is 11.4 Å². The number of ketones is 1. The summed E-state index contributed by atoms with van der Waals surface area (Å²) in [6.07, 6.45) is -3.37. The molecule has 0 radical (unpaired) electrons. The van der Waals surface area contributed by atoms with Gasteiger partial charge >= 0.3 is 0 Å². The summed E-state index contributed by atoms with van der Waals surface area (Å²) in [6.45, 7) is -2.35. The second kappa shape index (κ2) is 5.38. The lowest BCUT2D eigenvalue weighted by Crippen LogP contribution is -2.55. The van der Waals surface area contributed by atoms with Crippen molar-refractivity contribution >= 4 is 5.78 Å². The molecule has 0 spiro atoms. The molecule has 0 aromatic carbocycles. The molecule has 84 valence electrons. The van der Waals surface area contributed by atoms with Gasteiger partial charge in [-0.1, -0.05) is 0 Å². The fraction of sp³-hybridized carbons (Fsp3) is 0.875. The Balaban J connectivity index is 4.99. The van der Waals surface area contributed by atoms with Crippen molar-refractivity contribution in [2.45, 2.75) is 24.7 Å². The maximum Gasteiger partial charge on any atom is 0.192 e. The quantitative estimate of drug-likeness (QED) is 0.391. The Kier molecular flexibility index (Phi) is 4.43. The third-order valence-electron chi connectivity index (χ3n) is 2.01. The summed E-state index contributed by atoms with van der Waals surface area (Å²) in [5, 5.41) is 36.0. The van der Waals surface area contributed by atoms with Crippen LogP contribution >= 0.6 is 0 Å². The van der Waals surface area contributed by atoms with Crippen molar-refractivity contribution in [3.63, 3.8) is 0 Å². The molecule has 0 saturated carbocycles. The van der Waals surface area contributed by atoms with Crippen LogP contribution in [0, 0.1) is 0 Å². The van der Waals surface area contributed by atoms with Gasteiger partial charge < -0.3 is 25.2 Å². The third kappa shape index (κ3) is 2.49. The summed E-state index contributed by atoms with van der Waals surface area (Å²) in [4.78, 5) is 11.3. The molecule has 0 saturated heterocycles. The van der Waals surface area contributed by atoms with Crippen LogP contribution in [-0.2, 0) is 9.53 Å². The zero-order valence-corrected chi connectivity index (χ0v) is 7.88. The normalized spacial score (nSPS) is 20.8. The maximum atomic E-state index is 11.3. The van der Waals surface area contributed by atoms with E-state index < -0.39 is 43.7 Å². The second-order valence-corrected chi connectivity index (χ2v) is 2.87. The van der Waals surface area contributed by atoms with Crippen molar-refractivity contribution in [1.29, 1.82) is 0 Å². The minimum Gasteiger partial charge on any atom is -0.394 e. The monoisotopic (exact) mass is 209 g/mol. The second-order valence-electron chi connectivity index (χ2n) is 2.87. The van der Waals surface area contributed by atoms with Crippen LogP contribution in [0.25, 0.3) is 0 Å². The summed E-state index contributed by atoms with van der Waals surface area (Å²) in [5.41, 5.74) is -2.00. The van der Waals surface area contributed by atoms with E-state index >= 15 is 0 Å². The van der Waals surface area contributed by atoms with Crippen molar-refractivity contribution in [3.8, 4) is 0 Å². The first-order chi connectivity index (χ1) is 6.99. The number of hydrogen-bond donors (Lipinski definition) is 4. The van der Waals surface area contributed by atoms with Gasteiger partial charge in [-0.05, 0) is 6.90 Å². The number of ether oxygens (including phenoxy) is 1. The summed E-state index contributed by atoms with van der Waals surface area (Å²) < 4.78 is 11.8. The number of methoxy groups -OCH3 is 1. The Morgan fingerprint density at radius 2 is 2.14 bits per heavy atom. The van der Waals surface area contributed by atoms with Crippen LogP contribution in [0.15, 0.2) is 0 Å². The highest BCUT2D eigenvalue weighted by molar-refractivity contribution is 5.88. The number of hydrogen-bond acceptors (Lipinski definition) is 6. The SMILES string of the molecule is [2H]C[C@@](OC)(C(=O)CO)[C@H](O)[C@H](O)CO. The molecular weight excluding hydrogens is 192 g/mol. The first-order valence-electron chi connectivity index (χ1n) is 4.66. The highest BCUT2D eigenvalue weighted by atomic mass is 16.5. The van der Waals surface area contributed by atoms with Gasteiger partial charge in [0.25, 0.3) is 0 Å². The molecule has 0 aliphatic rings. The Bertz CT molecular complexity index is 205. The Morgan fingerprint density at radius 3 is 2.43 bits per heavy atom. The van der Waals surface area contributed by atoms with Crippen molar-refractivity contribution in [2.75, 3.05) is 20.3 Å². The maximum absolute atomic E-state index is 11.3. The fourth-order valence-corrected chi connectivity index (χ4v) is 0.944. The minimum absolute atomic E-state index is 0.666. The summed E-state index contributed by atoms with van der Waals surface area (Å²) in [5.74, 6) is -0.917. The lowest BCUT2D eigenvalue weighted by molar-refractivity contribution is -0.170. The van der Waals surface area contributed by atoms with E-state index in [0.717, 1.165) is 7.11 Å². The summed E-state index contributed by atoms with van der Waals surface area (Å²) in [7, 11) is 1.08. The number of carbonyl (C=O) groups excluding carboxylic acids is 1. The number of aliphatic hydroxyl groups is 4. The van der Waals surface area contributed by atoms with Crippen molar-refractivity contribution < 1.29 is 31.3 Å². The lowest BCUT2D eigenvalue weighted by Gasteiger charge is -2.33. The van der Waals surface area contributed by atoms with Crippen LogP contribution in [0.3, 0.4) is 0 Å². The van der Waals surface area contributed by atoms with Gasteiger partial charge in [0, 0.05) is 8.48 Å². The smallest absolute Gasteiger partial charge is 0.192 e. The molecule has 0 aliphatic heterocycles. The lowest BCUT2D eigenvalue weighted by atomic mass is 9.90. The molecular formula is C8H16O6. The van der Waals surface area contributed by atoms with Crippen LogP contribution in [0.5, 0.6) is 0 Å². The predicted molar refractivity (Wildman–Crippen MR) is 46.6 cm³/mol. The van der Waals surface area contributed by atoms with Crippen LogP contribution in [-0.4, -0.2) is 64.3 Å². The molecule has 0 amide bonds. The third-order valence-corrected chi connectivity index (χ3v) is 2.01. The van der Waals surface area contributed by atoms with Crippen molar-refractivity contribution in [3.05, 3.63) is 0 Å². The number of rotatable bonds is 6. The van der Waals surface area contributed by atoms with Gasteiger partial charge in [0.1, 0.15) is 18.8 Å². The van der Waals surface area contributed by atoms with Gasteiger partial charge in [-0.3, -0.25) is 4.79 Å². The van der Waals surface area contributed by atoms with Crippen LogP contribution < -0.4 is 0 Å². The van der Waals surface area contributed by atoms with E-state index in [1.807, 2.05) is 0 Å². The van der Waals surface area contributed by atoms with Crippen LogP contribution in [0.2, 0.25) is 0 Å². The molecule has 0 aromatic rings. The van der Waals surface area contributed by atoms with E-state index in [9.17, 15) is 15.0 Å². The van der Waals surface area contributed by atoms with Crippen LogP contribution in [0.1, 0.15) is 8.27 Å². The molecule has 0 bridgehead atoms. The molecule has 6 nitrogen and oxygen atoms in total. The van der Waals surface area contributed by atoms with Gasteiger partial charge in [-0.15, -0.1) is 0 Å². The molecule has 0 rings (SSSR count). The minimum atomic E-state index is -2.00. The molecule has 0 fully saturated rings. The average Bonchev–Trinajstić information content (AvgIpc) is 2.29. The van der Waals surface area contributed by atoms with E-state index in [2.05, 4.69) is 0 Å². The Hall–Kier alpha value is -0.530. The molecule has 3 atom stereocenters. The topological polar surface area (TPSA) is 107 Å². The zero-order valence-electron chi connectivity index (χ0n) is 8.88.